The van der Waals surface area contributed by atoms with Crippen molar-refractivity contribution in [2.24, 2.45) is 11.1 Å². The van der Waals surface area contributed by atoms with Gasteiger partial charge >= 0.3 is 0 Å². The number of aryl methyl sites for hydroxylation is 1. The van der Waals surface area contributed by atoms with E-state index in [1.54, 1.807) is 11.3 Å². The molecule has 2 nitrogen and oxygen atoms in total. The Hall–Kier alpha value is -0.410. The van der Waals surface area contributed by atoms with E-state index in [-0.39, 0.29) is 11.0 Å². The number of nitrogens with two attached hydrogens (primary N) is 1. The van der Waals surface area contributed by atoms with Crippen molar-refractivity contribution in [3.63, 3.8) is 0 Å². The van der Waals surface area contributed by atoms with E-state index in [0.717, 1.165) is 18.5 Å². The van der Waals surface area contributed by atoms with E-state index in [0.29, 0.717) is 0 Å². The Morgan fingerprint density at radius 3 is 2.67 bits per heavy atom. The van der Waals surface area contributed by atoms with E-state index in [1.807, 2.05) is 6.92 Å². The maximum absolute atomic E-state index is 6.54. The molecular formula is C12H20N2S. The molecule has 0 saturated heterocycles. The van der Waals surface area contributed by atoms with Crippen LogP contribution >= 0.6 is 11.3 Å². The Balaban J connectivity index is 2.17. The third-order valence-electron chi connectivity index (χ3n) is 3.91. The summed E-state index contributed by atoms with van der Waals surface area (Å²) in [7, 11) is 0. The van der Waals surface area contributed by atoms with Crippen LogP contribution in [0.3, 0.4) is 0 Å². The number of nitrogens with zero attached hydrogens (tertiary/aromatic N) is 1. The molecule has 15 heavy (non-hydrogen) atoms. The molecule has 2 rings (SSSR count). The van der Waals surface area contributed by atoms with Gasteiger partial charge in [-0.1, -0.05) is 20.3 Å². The van der Waals surface area contributed by atoms with Crippen molar-refractivity contribution < 1.29 is 0 Å². The van der Waals surface area contributed by atoms with E-state index in [4.69, 9.17) is 5.73 Å². The Bertz CT molecular complexity index is 356. The standard InChI is InChI=1S/C12H20N2S/c1-9-8-15-10(14-9)7-12(13)6-4-5-11(12,2)3/h8H,4-7,13H2,1-3H3. The van der Waals surface area contributed by atoms with Crippen molar-refractivity contribution in [1.29, 1.82) is 0 Å². The van der Waals surface area contributed by atoms with Crippen LogP contribution in [0.4, 0.5) is 0 Å². The summed E-state index contributed by atoms with van der Waals surface area (Å²) in [6.07, 6.45) is 4.58. The molecular weight excluding hydrogens is 204 g/mol. The zero-order valence-corrected chi connectivity index (χ0v) is 10.7. The molecule has 1 aromatic rings. The smallest absolute Gasteiger partial charge is 0.0946 e. The zero-order valence-electron chi connectivity index (χ0n) is 9.84. The lowest BCUT2D eigenvalue weighted by molar-refractivity contribution is 0.207. The number of aromatic nitrogens is 1. The lowest BCUT2D eigenvalue weighted by atomic mass is 9.74. The van der Waals surface area contributed by atoms with Gasteiger partial charge in [0.25, 0.3) is 0 Å². The molecule has 0 aromatic carbocycles. The van der Waals surface area contributed by atoms with Crippen LogP contribution < -0.4 is 5.73 Å². The Labute approximate surface area is 95.9 Å². The summed E-state index contributed by atoms with van der Waals surface area (Å²) in [6, 6.07) is 0. The summed E-state index contributed by atoms with van der Waals surface area (Å²) < 4.78 is 0. The average Bonchev–Trinajstić information content (AvgIpc) is 2.59. The number of rotatable bonds is 2. The highest BCUT2D eigenvalue weighted by Crippen LogP contribution is 2.46. The van der Waals surface area contributed by atoms with Gasteiger partial charge in [0.15, 0.2) is 0 Å². The highest BCUT2D eigenvalue weighted by molar-refractivity contribution is 7.09. The molecule has 0 amide bonds. The van der Waals surface area contributed by atoms with Gasteiger partial charge in [0.05, 0.1) is 5.01 Å². The van der Waals surface area contributed by atoms with Crippen LogP contribution in [0.2, 0.25) is 0 Å². The molecule has 1 unspecified atom stereocenters. The van der Waals surface area contributed by atoms with Gasteiger partial charge in [0.1, 0.15) is 0 Å². The van der Waals surface area contributed by atoms with Gasteiger partial charge in [-0.25, -0.2) is 4.98 Å². The van der Waals surface area contributed by atoms with Gasteiger partial charge in [-0.05, 0) is 25.2 Å². The minimum absolute atomic E-state index is 0.0444. The highest BCUT2D eigenvalue weighted by Gasteiger charge is 2.45. The molecule has 0 aliphatic heterocycles. The van der Waals surface area contributed by atoms with E-state index < -0.39 is 0 Å². The van der Waals surface area contributed by atoms with Crippen molar-refractivity contribution >= 4 is 11.3 Å². The van der Waals surface area contributed by atoms with Crippen molar-refractivity contribution in [1.82, 2.24) is 4.98 Å². The SMILES string of the molecule is Cc1csc(CC2(N)CCCC2(C)C)n1. The number of hydrogen-bond donors (Lipinski definition) is 1. The van der Waals surface area contributed by atoms with E-state index in [1.165, 1.54) is 17.8 Å². The predicted molar refractivity (Wildman–Crippen MR) is 65.1 cm³/mol. The highest BCUT2D eigenvalue weighted by atomic mass is 32.1. The van der Waals surface area contributed by atoms with Crippen LogP contribution in [0.1, 0.15) is 43.8 Å². The molecule has 1 aliphatic carbocycles. The van der Waals surface area contributed by atoms with E-state index in [9.17, 15) is 0 Å². The van der Waals surface area contributed by atoms with Gasteiger partial charge in [-0.2, -0.15) is 0 Å². The first kappa shape index (κ1) is 11.1. The molecule has 1 fully saturated rings. The molecule has 2 N–H and O–H groups in total. The maximum atomic E-state index is 6.54. The molecule has 1 atom stereocenters. The van der Waals surface area contributed by atoms with Gasteiger partial charge < -0.3 is 5.73 Å². The topological polar surface area (TPSA) is 38.9 Å². The van der Waals surface area contributed by atoms with Crippen molar-refractivity contribution in [3.05, 3.63) is 16.1 Å². The average molecular weight is 224 g/mol. The fourth-order valence-electron chi connectivity index (χ4n) is 2.51. The summed E-state index contributed by atoms with van der Waals surface area (Å²) in [5, 5.41) is 3.31. The van der Waals surface area contributed by atoms with E-state index >= 15 is 0 Å². The Kier molecular flexibility index (Phi) is 2.63. The monoisotopic (exact) mass is 224 g/mol. The minimum atomic E-state index is -0.0444. The van der Waals surface area contributed by atoms with Crippen LogP contribution in [0.15, 0.2) is 5.38 Å². The zero-order chi connectivity index (χ0) is 11.1. The Morgan fingerprint density at radius 1 is 1.47 bits per heavy atom. The summed E-state index contributed by atoms with van der Waals surface area (Å²) in [4.78, 5) is 4.52. The quantitative estimate of drug-likeness (QED) is 0.839. The molecule has 1 heterocycles. The summed E-state index contributed by atoms with van der Waals surface area (Å²) in [5.74, 6) is 0. The second-order valence-electron chi connectivity index (χ2n) is 5.45. The second kappa shape index (κ2) is 3.56. The summed E-state index contributed by atoms with van der Waals surface area (Å²) >= 11 is 1.74. The molecule has 1 aliphatic rings. The summed E-state index contributed by atoms with van der Waals surface area (Å²) in [6.45, 7) is 6.63. The fraction of sp³-hybridized carbons (Fsp3) is 0.750. The van der Waals surface area contributed by atoms with Crippen molar-refractivity contribution in [2.75, 3.05) is 0 Å². The molecule has 0 radical (unpaired) electrons. The van der Waals surface area contributed by atoms with Gasteiger partial charge in [-0.3, -0.25) is 0 Å². The van der Waals surface area contributed by atoms with E-state index in [2.05, 4.69) is 24.2 Å². The van der Waals surface area contributed by atoms with Gasteiger partial charge in [-0.15, -0.1) is 11.3 Å². The molecule has 0 spiro atoms. The summed E-state index contributed by atoms with van der Waals surface area (Å²) in [5.41, 5.74) is 7.88. The first-order chi connectivity index (χ1) is 6.93. The molecule has 0 bridgehead atoms. The number of hydrogen-bond acceptors (Lipinski definition) is 3. The van der Waals surface area contributed by atoms with Gasteiger partial charge in [0, 0.05) is 23.0 Å². The van der Waals surface area contributed by atoms with Crippen molar-refractivity contribution in [2.45, 2.75) is 52.0 Å². The third-order valence-corrected chi connectivity index (χ3v) is 4.87. The predicted octanol–water partition coefficient (Wildman–Crippen LogP) is 2.90. The fourth-order valence-corrected chi connectivity index (χ4v) is 3.41. The molecule has 84 valence electrons. The molecule has 1 saturated carbocycles. The molecule has 3 heteroatoms. The first-order valence-corrected chi connectivity index (χ1v) is 6.51. The van der Waals surface area contributed by atoms with Crippen LogP contribution in [-0.4, -0.2) is 10.5 Å². The normalized spacial score (nSPS) is 29.6. The molecule has 1 aromatic heterocycles. The third kappa shape index (κ3) is 1.95. The second-order valence-corrected chi connectivity index (χ2v) is 6.40. The van der Waals surface area contributed by atoms with Gasteiger partial charge in [0.2, 0.25) is 0 Å². The van der Waals surface area contributed by atoms with Crippen LogP contribution in [-0.2, 0) is 6.42 Å². The largest absolute Gasteiger partial charge is 0.324 e. The first-order valence-electron chi connectivity index (χ1n) is 5.63. The maximum Gasteiger partial charge on any atom is 0.0946 e. The van der Waals surface area contributed by atoms with Crippen LogP contribution in [0.25, 0.3) is 0 Å². The Morgan fingerprint density at radius 2 is 2.20 bits per heavy atom. The lowest BCUT2D eigenvalue weighted by Gasteiger charge is -2.37. The lowest BCUT2D eigenvalue weighted by Crippen LogP contribution is -2.50. The van der Waals surface area contributed by atoms with Crippen LogP contribution in [0, 0.1) is 12.3 Å². The van der Waals surface area contributed by atoms with Crippen LogP contribution in [0.5, 0.6) is 0 Å². The number of thiazole rings is 1. The minimum Gasteiger partial charge on any atom is -0.324 e. The van der Waals surface area contributed by atoms with Crippen molar-refractivity contribution in [3.8, 4) is 0 Å².